The van der Waals surface area contributed by atoms with Gasteiger partial charge in [-0.15, -0.1) is 0 Å². The van der Waals surface area contributed by atoms with Crippen molar-refractivity contribution in [2.45, 2.75) is 13.8 Å². The lowest BCUT2D eigenvalue weighted by Gasteiger charge is -2.37. The van der Waals surface area contributed by atoms with Crippen molar-refractivity contribution in [2.24, 2.45) is 17.6 Å². The average Bonchev–Trinajstić information content (AvgIpc) is 2.36. The first-order valence-corrected chi connectivity index (χ1v) is 7.69. The fraction of sp³-hybridized carbons (Fsp3) is 0.857. The lowest BCUT2D eigenvalue weighted by Crippen LogP contribution is -2.53. The second kappa shape index (κ2) is 7.90. The predicted octanol–water partition coefficient (Wildman–Crippen LogP) is 0.251. The molecule has 1 rings (SSSR count). The van der Waals surface area contributed by atoms with Gasteiger partial charge >= 0.3 is 0 Å². The number of piperazine rings is 1. The van der Waals surface area contributed by atoms with Crippen LogP contribution in [0, 0.1) is 11.8 Å². The smallest absolute Gasteiger partial charge is 0.232 e. The minimum atomic E-state index is -0.321. The topological polar surface area (TPSA) is 52.8 Å². The predicted molar refractivity (Wildman–Crippen MR) is 86.7 cm³/mol. The first-order chi connectivity index (χ1) is 9.32. The molecule has 0 aromatic heterocycles. The maximum atomic E-state index is 12.5. The van der Waals surface area contributed by atoms with Crippen LogP contribution in [0.2, 0.25) is 0 Å². The Hall–Kier alpha value is -0.720. The Morgan fingerprint density at radius 1 is 1.25 bits per heavy atom. The van der Waals surface area contributed by atoms with Gasteiger partial charge in [-0.3, -0.25) is 9.69 Å². The molecule has 1 heterocycles. The van der Waals surface area contributed by atoms with Crippen LogP contribution >= 0.6 is 12.2 Å². The number of likely N-dealkylation sites (N-methyl/N-ethyl adjacent to an activating group) is 1. The van der Waals surface area contributed by atoms with Crippen LogP contribution in [-0.4, -0.2) is 79.0 Å². The van der Waals surface area contributed by atoms with E-state index in [0.717, 1.165) is 39.3 Å². The molecule has 6 heteroatoms. The summed E-state index contributed by atoms with van der Waals surface area (Å²) in [4.78, 5) is 19.3. The number of carbonyl (C=O) groups excluding carboxylic acids is 1. The molecule has 0 aromatic rings. The van der Waals surface area contributed by atoms with Crippen LogP contribution < -0.4 is 5.73 Å². The summed E-state index contributed by atoms with van der Waals surface area (Å²) >= 11 is 5.05. The molecule has 5 nitrogen and oxygen atoms in total. The minimum Gasteiger partial charge on any atom is -0.393 e. The van der Waals surface area contributed by atoms with Crippen molar-refractivity contribution in [2.75, 3.05) is 53.4 Å². The molecule has 1 fully saturated rings. The van der Waals surface area contributed by atoms with Crippen LogP contribution in [0.15, 0.2) is 0 Å². The van der Waals surface area contributed by atoms with E-state index >= 15 is 0 Å². The molecule has 1 atom stereocenters. The van der Waals surface area contributed by atoms with E-state index in [2.05, 4.69) is 23.9 Å². The molecule has 1 amide bonds. The Morgan fingerprint density at radius 3 is 2.20 bits per heavy atom. The lowest BCUT2D eigenvalue weighted by atomic mass is 9.94. The summed E-state index contributed by atoms with van der Waals surface area (Å²) in [6.07, 6.45) is 0. The number of hydrogen-bond acceptors (Lipinski definition) is 4. The number of thiocarbonyl (C=S) groups is 1. The number of carbonyl (C=O) groups is 1. The summed E-state index contributed by atoms with van der Waals surface area (Å²) in [7, 11) is 4.16. The SMILES string of the molecule is CC(C)C(C(=O)N1CCN(CCN(C)C)CC1)C(N)=S. The highest BCUT2D eigenvalue weighted by Gasteiger charge is 2.31. The zero-order chi connectivity index (χ0) is 15.3. The molecular weight excluding hydrogens is 272 g/mol. The summed E-state index contributed by atoms with van der Waals surface area (Å²) in [5.41, 5.74) is 5.72. The average molecular weight is 300 g/mol. The number of nitrogens with two attached hydrogens (primary N) is 1. The van der Waals surface area contributed by atoms with Crippen LogP contribution in [0.25, 0.3) is 0 Å². The van der Waals surface area contributed by atoms with Gasteiger partial charge in [0.05, 0.1) is 10.9 Å². The molecule has 0 aromatic carbocycles. The summed E-state index contributed by atoms with van der Waals surface area (Å²) in [5.74, 6) is -0.0649. The first-order valence-electron chi connectivity index (χ1n) is 7.28. The van der Waals surface area contributed by atoms with Gasteiger partial charge < -0.3 is 15.5 Å². The number of rotatable bonds is 6. The van der Waals surface area contributed by atoms with Crippen molar-refractivity contribution < 1.29 is 4.79 Å². The maximum Gasteiger partial charge on any atom is 0.232 e. The summed E-state index contributed by atoms with van der Waals surface area (Å²) in [5, 5.41) is 0. The number of hydrogen-bond donors (Lipinski definition) is 1. The molecule has 0 saturated carbocycles. The molecule has 1 saturated heterocycles. The van der Waals surface area contributed by atoms with Crippen molar-refractivity contribution in [1.82, 2.24) is 14.7 Å². The van der Waals surface area contributed by atoms with Crippen molar-refractivity contribution in [1.29, 1.82) is 0 Å². The van der Waals surface area contributed by atoms with E-state index in [-0.39, 0.29) is 17.7 Å². The van der Waals surface area contributed by atoms with Gasteiger partial charge in [-0.2, -0.15) is 0 Å². The third-order valence-electron chi connectivity index (χ3n) is 3.79. The highest BCUT2D eigenvalue weighted by Crippen LogP contribution is 2.16. The van der Waals surface area contributed by atoms with E-state index in [4.69, 9.17) is 18.0 Å². The molecule has 116 valence electrons. The number of nitrogens with zero attached hydrogens (tertiary/aromatic N) is 3. The molecule has 20 heavy (non-hydrogen) atoms. The third-order valence-corrected chi connectivity index (χ3v) is 4.04. The normalized spacial score (nSPS) is 18.6. The van der Waals surface area contributed by atoms with Gasteiger partial charge in [-0.1, -0.05) is 26.1 Å². The Balaban J connectivity index is 2.48. The van der Waals surface area contributed by atoms with Gasteiger partial charge in [0, 0.05) is 39.3 Å². The van der Waals surface area contributed by atoms with E-state index in [9.17, 15) is 4.79 Å². The Kier molecular flexibility index (Phi) is 6.85. The van der Waals surface area contributed by atoms with Crippen molar-refractivity contribution in [3.63, 3.8) is 0 Å². The highest BCUT2D eigenvalue weighted by molar-refractivity contribution is 7.80. The Bertz CT molecular complexity index is 338. The van der Waals surface area contributed by atoms with E-state index in [1.165, 1.54) is 0 Å². The summed E-state index contributed by atoms with van der Waals surface area (Å²) in [6, 6.07) is 0. The zero-order valence-electron chi connectivity index (χ0n) is 13.1. The molecular formula is C14H28N4OS. The molecule has 0 bridgehead atoms. The zero-order valence-corrected chi connectivity index (χ0v) is 13.9. The van der Waals surface area contributed by atoms with Gasteiger partial charge in [0.25, 0.3) is 0 Å². The first kappa shape index (κ1) is 17.3. The molecule has 0 radical (unpaired) electrons. The van der Waals surface area contributed by atoms with Crippen molar-refractivity contribution >= 4 is 23.1 Å². The van der Waals surface area contributed by atoms with E-state index < -0.39 is 0 Å². The van der Waals surface area contributed by atoms with Gasteiger partial charge in [-0.25, -0.2) is 0 Å². The Labute approximate surface area is 128 Å². The second-order valence-corrected chi connectivity index (χ2v) is 6.57. The van der Waals surface area contributed by atoms with Gasteiger partial charge in [-0.05, 0) is 20.0 Å². The van der Waals surface area contributed by atoms with Gasteiger partial charge in [0.1, 0.15) is 0 Å². The molecule has 1 aliphatic rings. The van der Waals surface area contributed by atoms with E-state index in [1.807, 2.05) is 18.7 Å². The highest BCUT2D eigenvalue weighted by atomic mass is 32.1. The quantitative estimate of drug-likeness (QED) is 0.713. The van der Waals surface area contributed by atoms with Gasteiger partial charge in [0.2, 0.25) is 5.91 Å². The fourth-order valence-corrected chi connectivity index (χ4v) is 2.84. The molecule has 1 unspecified atom stereocenters. The van der Waals surface area contributed by atoms with Crippen LogP contribution in [0.1, 0.15) is 13.8 Å². The summed E-state index contributed by atoms with van der Waals surface area (Å²) in [6.45, 7) is 9.51. The second-order valence-electron chi connectivity index (χ2n) is 6.09. The van der Waals surface area contributed by atoms with Crippen molar-refractivity contribution in [3.05, 3.63) is 0 Å². The van der Waals surface area contributed by atoms with E-state index in [0.29, 0.717) is 4.99 Å². The van der Waals surface area contributed by atoms with Crippen LogP contribution in [-0.2, 0) is 4.79 Å². The summed E-state index contributed by atoms with van der Waals surface area (Å²) < 4.78 is 0. The Morgan fingerprint density at radius 2 is 1.80 bits per heavy atom. The maximum absolute atomic E-state index is 12.5. The number of amides is 1. The standard InChI is InChI=1S/C14H28N4OS/c1-11(2)12(13(15)20)14(19)18-9-7-17(8-10-18)6-5-16(3)4/h11-12H,5-10H2,1-4H3,(H2,15,20). The molecule has 0 aliphatic carbocycles. The lowest BCUT2D eigenvalue weighted by molar-refractivity contribution is -0.136. The monoisotopic (exact) mass is 300 g/mol. The van der Waals surface area contributed by atoms with Gasteiger partial charge in [0.15, 0.2) is 0 Å². The van der Waals surface area contributed by atoms with Crippen LogP contribution in [0.3, 0.4) is 0 Å². The molecule has 0 spiro atoms. The third kappa shape index (κ3) is 5.00. The van der Waals surface area contributed by atoms with E-state index in [1.54, 1.807) is 0 Å². The molecule has 2 N–H and O–H groups in total. The fourth-order valence-electron chi connectivity index (χ4n) is 2.47. The largest absolute Gasteiger partial charge is 0.393 e. The molecule has 1 aliphatic heterocycles. The van der Waals surface area contributed by atoms with Crippen LogP contribution in [0.4, 0.5) is 0 Å². The van der Waals surface area contributed by atoms with Crippen LogP contribution in [0.5, 0.6) is 0 Å². The van der Waals surface area contributed by atoms with Crippen molar-refractivity contribution in [3.8, 4) is 0 Å². The minimum absolute atomic E-state index is 0.0970.